The van der Waals surface area contributed by atoms with Crippen molar-refractivity contribution in [3.05, 3.63) is 22.8 Å². The molecule has 0 aromatic heterocycles. The first-order valence-electron chi connectivity index (χ1n) is 14.0. The predicted octanol–water partition coefficient (Wildman–Crippen LogP) is 9.36. The highest BCUT2D eigenvalue weighted by Gasteiger charge is 2.29. The first kappa shape index (κ1) is 28.7. The summed E-state index contributed by atoms with van der Waals surface area (Å²) in [5.74, 6) is 0. The Hall–Kier alpha value is -0.343. The molecule has 0 fully saturated rings. The average molecular weight is 448 g/mol. The predicted molar refractivity (Wildman–Crippen MR) is 146 cm³/mol. The van der Waals surface area contributed by atoms with Gasteiger partial charge in [0.1, 0.15) is 0 Å². The first-order chi connectivity index (χ1) is 14.9. The Balaban J connectivity index is 1.79. The Labute approximate surface area is 198 Å². The Kier molecular flexibility index (Phi) is 15.9. The van der Waals surface area contributed by atoms with Gasteiger partial charge >= 0.3 is 0 Å². The highest BCUT2D eigenvalue weighted by atomic mass is 28.3. The number of unbranched alkanes of at least 4 members (excludes halogenated alkanes) is 15. The molecule has 0 heterocycles. The average Bonchev–Trinajstić information content (AvgIpc) is 2.92. The Bertz CT molecular complexity index is 519. The highest BCUT2D eigenvalue weighted by Crippen LogP contribution is 2.33. The fraction of sp³-hybridized carbons (Fsp3) is 0.862. The van der Waals surface area contributed by atoms with Crippen LogP contribution in [0.4, 0.5) is 0 Å². The minimum absolute atomic E-state index is 0.100. The molecule has 1 aliphatic carbocycles. The van der Waals surface area contributed by atoms with Gasteiger partial charge in [0, 0.05) is 8.80 Å². The Morgan fingerprint density at radius 1 is 0.645 bits per heavy atom. The summed E-state index contributed by atoms with van der Waals surface area (Å²) in [6.45, 7) is 15.2. The van der Waals surface area contributed by atoms with Gasteiger partial charge in [-0.3, -0.25) is 0 Å². The number of rotatable bonds is 20. The zero-order valence-electron chi connectivity index (χ0n) is 22.4. The van der Waals surface area contributed by atoms with Gasteiger partial charge in [-0.05, 0) is 51.8 Å². The second-order valence-corrected chi connectivity index (χ2v) is 14.4. The monoisotopic (exact) mass is 447 g/mol. The van der Waals surface area contributed by atoms with Crippen molar-refractivity contribution < 1.29 is 0 Å². The van der Waals surface area contributed by atoms with E-state index in [9.17, 15) is 0 Å². The second-order valence-electron chi connectivity index (χ2n) is 11.0. The van der Waals surface area contributed by atoms with Gasteiger partial charge in [0.05, 0.1) is 5.54 Å². The summed E-state index contributed by atoms with van der Waals surface area (Å²) in [4.78, 5) is 0. The molecule has 1 N–H and O–H groups in total. The summed E-state index contributed by atoms with van der Waals surface area (Å²) in [6.07, 6.45) is 25.7. The van der Waals surface area contributed by atoms with E-state index in [1.807, 2.05) is 0 Å². The molecule has 1 rings (SSSR count). The zero-order chi connectivity index (χ0) is 23.0. The first-order valence-corrected chi connectivity index (χ1v) is 17.1. The van der Waals surface area contributed by atoms with E-state index >= 15 is 0 Å². The molecular weight excluding hydrogens is 390 g/mol. The lowest BCUT2D eigenvalue weighted by molar-refractivity contribution is 0.476. The van der Waals surface area contributed by atoms with Gasteiger partial charge in [0.25, 0.3) is 0 Å². The van der Waals surface area contributed by atoms with E-state index in [2.05, 4.69) is 52.2 Å². The van der Waals surface area contributed by atoms with Crippen molar-refractivity contribution in [2.45, 2.75) is 155 Å². The van der Waals surface area contributed by atoms with Crippen molar-refractivity contribution in [1.29, 1.82) is 0 Å². The quantitative estimate of drug-likeness (QED) is 0.145. The molecule has 0 aliphatic heterocycles. The molecule has 0 saturated heterocycles. The van der Waals surface area contributed by atoms with E-state index in [0.29, 0.717) is 0 Å². The van der Waals surface area contributed by atoms with E-state index in [1.54, 1.807) is 6.04 Å². The third-order valence-corrected chi connectivity index (χ3v) is 9.20. The lowest BCUT2D eigenvalue weighted by Crippen LogP contribution is -2.41. The maximum absolute atomic E-state index is 3.79. The van der Waals surface area contributed by atoms with Crippen LogP contribution in [-0.2, 0) is 0 Å². The molecular formula is C29H57NSi. The Morgan fingerprint density at radius 3 is 1.39 bits per heavy atom. The van der Waals surface area contributed by atoms with Crippen molar-refractivity contribution >= 4 is 8.80 Å². The summed E-state index contributed by atoms with van der Waals surface area (Å²) in [5.41, 5.74) is 4.52. The van der Waals surface area contributed by atoms with Crippen LogP contribution in [0.3, 0.4) is 0 Å². The molecule has 0 radical (unpaired) electrons. The van der Waals surface area contributed by atoms with E-state index in [1.165, 1.54) is 119 Å². The minimum Gasteiger partial charge on any atom is -0.305 e. The van der Waals surface area contributed by atoms with Gasteiger partial charge in [-0.1, -0.05) is 127 Å². The van der Waals surface area contributed by atoms with Crippen LogP contribution in [0.15, 0.2) is 22.8 Å². The van der Waals surface area contributed by atoms with E-state index in [-0.39, 0.29) is 14.3 Å². The molecule has 1 aliphatic rings. The summed E-state index contributed by atoms with van der Waals surface area (Å²) >= 11 is 0. The molecule has 1 atom stereocenters. The zero-order valence-corrected chi connectivity index (χ0v) is 23.5. The van der Waals surface area contributed by atoms with E-state index in [4.69, 9.17) is 0 Å². The van der Waals surface area contributed by atoms with Crippen LogP contribution in [0, 0.1) is 0 Å². The van der Waals surface area contributed by atoms with Gasteiger partial charge < -0.3 is 5.32 Å². The minimum atomic E-state index is -0.284. The van der Waals surface area contributed by atoms with Crippen molar-refractivity contribution in [2.24, 2.45) is 0 Å². The highest BCUT2D eigenvalue weighted by molar-refractivity contribution is 6.55. The molecule has 0 aromatic rings. The van der Waals surface area contributed by atoms with Crippen LogP contribution in [0.5, 0.6) is 0 Å². The summed E-state index contributed by atoms with van der Waals surface area (Å²) in [7, 11) is -0.284. The van der Waals surface area contributed by atoms with Crippen LogP contribution in [0.25, 0.3) is 0 Å². The van der Waals surface area contributed by atoms with Gasteiger partial charge in [0.15, 0.2) is 0 Å². The topological polar surface area (TPSA) is 12.0 Å². The molecule has 1 nitrogen and oxygen atoms in total. The third-order valence-electron chi connectivity index (χ3n) is 7.64. The molecule has 31 heavy (non-hydrogen) atoms. The van der Waals surface area contributed by atoms with E-state index in [0.717, 1.165) is 6.54 Å². The maximum atomic E-state index is 3.79. The summed E-state index contributed by atoms with van der Waals surface area (Å²) in [6, 6.07) is 1.56. The molecule has 0 aromatic carbocycles. The summed E-state index contributed by atoms with van der Waals surface area (Å²) in [5, 5.41) is 3.79. The normalized spacial score (nSPS) is 19.0. The largest absolute Gasteiger partial charge is 0.305 e. The Morgan fingerprint density at radius 2 is 1.03 bits per heavy atom. The summed E-state index contributed by atoms with van der Waals surface area (Å²) < 4.78 is 0. The smallest absolute Gasteiger partial charge is 0.0559 e. The van der Waals surface area contributed by atoms with Gasteiger partial charge in [0.2, 0.25) is 0 Å². The molecule has 1 unspecified atom stereocenters. The molecule has 0 spiro atoms. The van der Waals surface area contributed by atoms with Crippen molar-refractivity contribution in [1.82, 2.24) is 5.32 Å². The number of hydrogen-bond acceptors (Lipinski definition) is 1. The molecule has 2 heteroatoms. The number of hydrogen-bond donors (Lipinski definition) is 1. The van der Waals surface area contributed by atoms with Crippen LogP contribution in [0.2, 0.25) is 19.1 Å². The SMILES string of the molecule is CC1=CC(C)(NCCCCCCCCCCCCCCCCCC[SiH](C)C)C(C)=C1C. The van der Waals surface area contributed by atoms with Crippen LogP contribution in [0.1, 0.15) is 130 Å². The number of nitrogens with one attached hydrogen (secondary N) is 1. The fourth-order valence-electron chi connectivity index (χ4n) is 5.02. The van der Waals surface area contributed by atoms with E-state index < -0.39 is 0 Å². The molecule has 0 bridgehead atoms. The lowest BCUT2D eigenvalue weighted by Gasteiger charge is -2.26. The van der Waals surface area contributed by atoms with Crippen molar-refractivity contribution in [3.63, 3.8) is 0 Å². The van der Waals surface area contributed by atoms with Gasteiger partial charge in [-0.25, -0.2) is 0 Å². The van der Waals surface area contributed by atoms with Gasteiger partial charge in [-0.2, -0.15) is 0 Å². The third kappa shape index (κ3) is 13.1. The van der Waals surface area contributed by atoms with Crippen LogP contribution in [-0.4, -0.2) is 20.9 Å². The fourth-order valence-corrected chi connectivity index (χ4v) is 6.12. The standard InChI is InChI=1S/C29H57NSi/c1-26-25-29(4,28(3)27(26)2)30-23-21-19-17-15-13-11-9-7-8-10-12-14-16-18-20-22-24-31(5)6/h25,30-31H,7-24H2,1-6H3. The van der Waals surface area contributed by atoms with Crippen LogP contribution >= 0.6 is 0 Å². The molecule has 0 saturated carbocycles. The van der Waals surface area contributed by atoms with Crippen LogP contribution < -0.4 is 5.32 Å². The maximum Gasteiger partial charge on any atom is 0.0559 e. The van der Waals surface area contributed by atoms with Crippen molar-refractivity contribution in [3.8, 4) is 0 Å². The van der Waals surface area contributed by atoms with Gasteiger partial charge in [-0.15, -0.1) is 0 Å². The molecule has 0 amide bonds. The number of allylic oxidation sites excluding steroid dienone is 2. The lowest BCUT2D eigenvalue weighted by atomic mass is 9.95. The second kappa shape index (κ2) is 17.2. The van der Waals surface area contributed by atoms with Crippen molar-refractivity contribution in [2.75, 3.05) is 6.54 Å². The molecule has 182 valence electrons.